The average Bonchev–Trinajstić information content (AvgIpc) is 3.21. The molecule has 6 nitrogen and oxygen atoms in total. The van der Waals surface area contributed by atoms with Gasteiger partial charge in [-0.1, -0.05) is 0 Å². The van der Waals surface area contributed by atoms with Gasteiger partial charge in [0.1, 0.15) is 11.4 Å². The Labute approximate surface area is 173 Å². The summed E-state index contributed by atoms with van der Waals surface area (Å²) in [4.78, 5) is 22.8. The number of carboxylic acids is 1. The molecule has 4 rings (SSSR count). The third kappa shape index (κ3) is 4.52. The van der Waals surface area contributed by atoms with Crippen LogP contribution in [0.2, 0.25) is 0 Å². The number of aliphatic carboxylic acids is 1. The Balaban J connectivity index is 1.62. The van der Waals surface area contributed by atoms with E-state index in [1.165, 1.54) is 0 Å². The molecule has 0 amide bonds. The van der Waals surface area contributed by atoms with Crippen LogP contribution in [0, 0.1) is 5.92 Å². The molecule has 0 unspecified atom stereocenters. The minimum absolute atomic E-state index is 0.159. The first-order valence-electron chi connectivity index (χ1n) is 10.4. The summed E-state index contributed by atoms with van der Waals surface area (Å²) in [6.07, 6.45) is 1.92. The van der Waals surface area contributed by atoms with Crippen LogP contribution in [0.25, 0.3) is 11.3 Å². The van der Waals surface area contributed by atoms with Crippen molar-refractivity contribution in [3.05, 3.63) is 35.7 Å². The zero-order valence-electron chi connectivity index (χ0n) is 16.7. The number of halogens is 2. The number of carboxylic acid groups (broad SMARTS) is 1. The van der Waals surface area contributed by atoms with E-state index in [2.05, 4.69) is 16.0 Å². The van der Waals surface area contributed by atoms with Crippen LogP contribution in [0.15, 0.2) is 24.4 Å². The van der Waals surface area contributed by atoms with E-state index >= 15 is 0 Å². The number of piperidine rings is 1. The molecule has 0 radical (unpaired) electrons. The molecule has 1 saturated heterocycles. The largest absolute Gasteiger partial charge is 0.493 e. The van der Waals surface area contributed by atoms with Crippen LogP contribution >= 0.6 is 0 Å². The molecule has 1 N–H and O–H groups in total. The van der Waals surface area contributed by atoms with Crippen molar-refractivity contribution in [1.29, 1.82) is 0 Å². The standard InChI is InChI=1S/C22H25F2N3O3/c23-19(24)3-1-2-17-13-25-20(16-4-5-18-15(12-16)8-11-30-18)21(26-17)27-9-6-14(7-10-27)22(28)29/h4-5,12-14,19H,1-3,6-11H2,(H,28,29). The Hall–Kier alpha value is -2.77. The number of nitrogens with zero attached hydrogens (tertiary/aromatic N) is 3. The van der Waals surface area contributed by atoms with E-state index in [0.717, 1.165) is 29.0 Å². The van der Waals surface area contributed by atoms with Crippen molar-refractivity contribution in [2.75, 3.05) is 24.6 Å². The normalized spacial score (nSPS) is 16.6. The minimum atomic E-state index is -2.32. The lowest BCUT2D eigenvalue weighted by Gasteiger charge is -2.32. The fourth-order valence-electron chi connectivity index (χ4n) is 4.07. The maximum atomic E-state index is 12.5. The van der Waals surface area contributed by atoms with Crippen molar-refractivity contribution >= 4 is 11.8 Å². The van der Waals surface area contributed by atoms with Crippen LogP contribution in [0.5, 0.6) is 5.75 Å². The van der Waals surface area contributed by atoms with Crippen molar-refractivity contribution in [2.45, 2.75) is 45.0 Å². The van der Waals surface area contributed by atoms with Gasteiger partial charge in [0, 0.05) is 37.7 Å². The molecule has 0 spiro atoms. The number of carbonyl (C=O) groups is 1. The summed E-state index contributed by atoms with van der Waals surface area (Å²) in [5, 5.41) is 9.28. The van der Waals surface area contributed by atoms with Crippen molar-refractivity contribution in [3.8, 4) is 17.0 Å². The Kier molecular flexibility index (Phi) is 6.11. The van der Waals surface area contributed by atoms with Crippen LogP contribution < -0.4 is 9.64 Å². The number of benzene rings is 1. The van der Waals surface area contributed by atoms with Gasteiger partial charge < -0.3 is 14.7 Å². The molecule has 0 saturated carbocycles. The number of hydrogen-bond donors (Lipinski definition) is 1. The monoisotopic (exact) mass is 417 g/mol. The van der Waals surface area contributed by atoms with E-state index in [-0.39, 0.29) is 12.3 Å². The minimum Gasteiger partial charge on any atom is -0.493 e. The van der Waals surface area contributed by atoms with Gasteiger partial charge in [0.15, 0.2) is 5.82 Å². The van der Waals surface area contributed by atoms with Gasteiger partial charge in [0.05, 0.1) is 18.2 Å². The number of anilines is 1. The summed E-state index contributed by atoms with van der Waals surface area (Å²) < 4.78 is 30.6. The van der Waals surface area contributed by atoms with Gasteiger partial charge in [0.2, 0.25) is 6.43 Å². The lowest BCUT2D eigenvalue weighted by atomic mass is 9.96. The molecule has 1 aromatic carbocycles. The number of alkyl halides is 2. The molecule has 1 fully saturated rings. The number of fused-ring (bicyclic) bond motifs is 1. The first-order valence-corrected chi connectivity index (χ1v) is 10.4. The summed E-state index contributed by atoms with van der Waals surface area (Å²) in [6, 6.07) is 5.96. The van der Waals surface area contributed by atoms with E-state index in [4.69, 9.17) is 9.72 Å². The third-order valence-corrected chi connectivity index (χ3v) is 5.77. The van der Waals surface area contributed by atoms with Gasteiger partial charge in [-0.05, 0) is 49.4 Å². The molecule has 1 aromatic heterocycles. The number of rotatable bonds is 7. The van der Waals surface area contributed by atoms with Crippen LogP contribution in [-0.2, 0) is 17.6 Å². The molecule has 0 bridgehead atoms. The lowest BCUT2D eigenvalue weighted by molar-refractivity contribution is -0.142. The zero-order chi connectivity index (χ0) is 21.1. The highest BCUT2D eigenvalue weighted by Gasteiger charge is 2.27. The Morgan fingerprint density at radius 2 is 2.10 bits per heavy atom. The van der Waals surface area contributed by atoms with Gasteiger partial charge in [-0.2, -0.15) is 0 Å². The summed E-state index contributed by atoms with van der Waals surface area (Å²) in [7, 11) is 0. The average molecular weight is 417 g/mol. The predicted octanol–water partition coefficient (Wildman–Crippen LogP) is 3.97. The number of aryl methyl sites for hydroxylation is 1. The summed E-state index contributed by atoms with van der Waals surface area (Å²) in [6.45, 7) is 1.82. The molecular formula is C22H25F2N3O3. The van der Waals surface area contributed by atoms with E-state index in [1.807, 2.05) is 12.1 Å². The molecule has 0 aliphatic carbocycles. The fraction of sp³-hybridized carbons (Fsp3) is 0.500. The summed E-state index contributed by atoms with van der Waals surface area (Å²) in [5.41, 5.74) is 3.47. The number of ether oxygens (including phenoxy) is 1. The second-order valence-corrected chi connectivity index (χ2v) is 7.84. The van der Waals surface area contributed by atoms with Crippen molar-refractivity contribution in [3.63, 3.8) is 0 Å². The first-order chi connectivity index (χ1) is 14.5. The highest BCUT2D eigenvalue weighted by molar-refractivity contribution is 5.74. The SMILES string of the molecule is O=C(O)C1CCN(c2nc(CCCC(F)F)cnc2-c2ccc3c(c2)CCO3)CC1. The van der Waals surface area contributed by atoms with Crippen LogP contribution in [0.4, 0.5) is 14.6 Å². The van der Waals surface area contributed by atoms with Gasteiger partial charge in [-0.3, -0.25) is 9.78 Å². The smallest absolute Gasteiger partial charge is 0.306 e. The van der Waals surface area contributed by atoms with Crippen molar-refractivity contribution in [2.24, 2.45) is 5.92 Å². The number of hydrogen-bond acceptors (Lipinski definition) is 5. The molecule has 2 aromatic rings. The molecule has 0 atom stereocenters. The van der Waals surface area contributed by atoms with E-state index < -0.39 is 12.4 Å². The molecule has 8 heteroatoms. The second kappa shape index (κ2) is 8.93. The van der Waals surface area contributed by atoms with Gasteiger partial charge in [0.25, 0.3) is 0 Å². The highest BCUT2D eigenvalue weighted by atomic mass is 19.3. The number of aromatic nitrogens is 2. The van der Waals surface area contributed by atoms with Crippen LogP contribution in [0.1, 0.15) is 36.9 Å². The quantitative estimate of drug-likeness (QED) is 0.735. The molecular weight excluding hydrogens is 392 g/mol. The van der Waals surface area contributed by atoms with Crippen molar-refractivity contribution in [1.82, 2.24) is 9.97 Å². The van der Waals surface area contributed by atoms with Gasteiger partial charge >= 0.3 is 5.97 Å². The van der Waals surface area contributed by atoms with Crippen molar-refractivity contribution < 1.29 is 23.4 Å². The van der Waals surface area contributed by atoms with E-state index in [9.17, 15) is 18.7 Å². The van der Waals surface area contributed by atoms with E-state index in [1.54, 1.807) is 6.20 Å². The second-order valence-electron chi connectivity index (χ2n) is 7.84. The summed E-state index contributed by atoms with van der Waals surface area (Å²) in [5.74, 6) is 0.482. The molecule has 30 heavy (non-hydrogen) atoms. The lowest BCUT2D eigenvalue weighted by Crippen LogP contribution is -2.37. The molecule has 2 aliphatic rings. The van der Waals surface area contributed by atoms with Gasteiger partial charge in [-0.15, -0.1) is 0 Å². The zero-order valence-corrected chi connectivity index (χ0v) is 16.7. The predicted molar refractivity (Wildman–Crippen MR) is 108 cm³/mol. The maximum absolute atomic E-state index is 12.5. The fourth-order valence-corrected chi connectivity index (χ4v) is 4.07. The third-order valence-electron chi connectivity index (χ3n) is 5.77. The van der Waals surface area contributed by atoms with Gasteiger partial charge in [-0.25, -0.2) is 13.8 Å². The van der Waals surface area contributed by atoms with Crippen LogP contribution in [-0.4, -0.2) is 47.2 Å². The highest BCUT2D eigenvalue weighted by Crippen LogP contribution is 2.35. The molecule has 3 heterocycles. The molecule has 160 valence electrons. The first kappa shape index (κ1) is 20.5. The maximum Gasteiger partial charge on any atom is 0.306 e. The Bertz CT molecular complexity index is 914. The topological polar surface area (TPSA) is 75.5 Å². The Morgan fingerprint density at radius 3 is 2.83 bits per heavy atom. The van der Waals surface area contributed by atoms with Crippen LogP contribution in [0.3, 0.4) is 0 Å². The summed E-state index contributed by atoms with van der Waals surface area (Å²) >= 11 is 0. The molecule has 2 aliphatic heterocycles. The Morgan fingerprint density at radius 1 is 1.30 bits per heavy atom. The van der Waals surface area contributed by atoms with E-state index in [0.29, 0.717) is 56.9 Å².